The maximum atomic E-state index is 11.0. The first-order chi connectivity index (χ1) is 8.33. The quantitative estimate of drug-likeness (QED) is 0.828. The van der Waals surface area contributed by atoms with Crippen molar-refractivity contribution >= 4 is 23.7 Å². The molecular formula is C13H16O4S. The Bertz CT molecular complexity index is 454. The van der Waals surface area contributed by atoms with E-state index in [0.29, 0.717) is 5.75 Å². The molecule has 0 radical (unpaired) electrons. The molecule has 1 aromatic carbocycles. The highest BCUT2D eigenvalue weighted by molar-refractivity contribution is 8.00. The lowest BCUT2D eigenvalue weighted by Gasteiger charge is -2.19. The zero-order valence-electron chi connectivity index (χ0n) is 10.3. The van der Waals surface area contributed by atoms with Crippen LogP contribution in [0.1, 0.15) is 25.0 Å². The van der Waals surface area contributed by atoms with E-state index in [4.69, 9.17) is 10.2 Å². The first-order valence-electron chi connectivity index (χ1n) is 5.49. The van der Waals surface area contributed by atoms with Gasteiger partial charge in [-0.05, 0) is 25.0 Å². The summed E-state index contributed by atoms with van der Waals surface area (Å²) in [7, 11) is 0. The molecule has 98 valence electrons. The summed E-state index contributed by atoms with van der Waals surface area (Å²) in [6.45, 7) is 3.28. The molecule has 2 N–H and O–H groups in total. The van der Waals surface area contributed by atoms with Gasteiger partial charge in [0.1, 0.15) is 4.75 Å². The molecule has 0 fully saturated rings. The molecule has 0 aliphatic rings. The van der Waals surface area contributed by atoms with E-state index in [9.17, 15) is 9.59 Å². The van der Waals surface area contributed by atoms with Gasteiger partial charge in [-0.3, -0.25) is 9.59 Å². The lowest BCUT2D eigenvalue weighted by molar-refractivity contribution is -0.139. The molecule has 0 bridgehead atoms. The van der Waals surface area contributed by atoms with Gasteiger partial charge in [0.05, 0.1) is 6.42 Å². The minimum absolute atomic E-state index is 0.0375. The van der Waals surface area contributed by atoms with E-state index in [0.717, 1.165) is 11.1 Å². The number of carbonyl (C=O) groups is 2. The largest absolute Gasteiger partial charge is 0.481 e. The van der Waals surface area contributed by atoms with Crippen molar-refractivity contribution in [2.24, 2.45) is 0 Å². The highest BCUT2D eigenvalue weighted by Gasteiger charge is 2.27. The van der Waals surface area contributed by atoms with Crippen LogP contribution in [0, 0.1) is 0 Å². The first-order valence-corrected chi connectivity index (χ1v) is 6.47. The summed E-state index contributed by atoms with van der Waals surface area (Å²) in [6, 6.07) is 7.21. The number of hydrogen-bond acceptors (Lipinski definition) is 3. The Hall–Kier alpha value is -1.49. The highest BCUT2D eigenvalue weighted by Crippen LogP contribution is 2.29. The second kappa shape index (κ2) is 5.91. The van der Waals surface area contributed by atoms with Crippen molar-refractivity contribution in [2.75, 3.05) is 0 Å². The van der Waals surface area contributed by atoms with Crippen molar-refractivity contribution < 1.29 is 19.8 Å². The highest BCUT2D eigenvalue weighted by atomic mass is 32.2. The lowest BCUT2D eigenvalue weighted by Crippen LogP contribution is -2.27. The normalized spacial score (nSPS) is 11.2. The number of rotatable bonds is 6. The van der Waals surface area contributed by atoms with Crippen molar-refractivity contribution in [3.05, 3.63) is 35.4 Å². The second-order valence-electron chi connectivity index (χ2n) is 4.44. The summed E-state index contributed by atoms with van der Waals surface area (Å²) in [5, 5.41) is 17.8. The summed E-state index contributed by atoms with van der Waals surface area (Å²) >= 11 is 1.29. The molecule has 0 aliphatic heterocycles. The van der Waals surface area contributed by atoms with Crippen molar-refractivity contribution in [2.45, 2.75) is 30.8 Å². The molecule has 0 saturated carbocycles. The first kappa shape index (κ1) is 14.6. The average molecular weight is 268 g/mol. The molecule has 5 heteroatoms. The Morgan fingerprint density at radius 2 is 1.72 bits per heavy atom. The molecule has 18 heavy (non-hydrogen) atoms. The third-order valence-corrected chi connectivity index (χ3v) is 3.92. The molecule has 0 aromatic heterocycles. The van der Waals surface area contributed by atoms with Crippen molar-refractivity contribution in [3.63, 3.8) is 0 Å². The number of carboxylic acid groups (broad SMARTS) is 2. The lowest BCUT2D eigenvalue weighted by atomic mass is 10.1. The van der Waals surface area contributed by atoms with Crippen LogP contribution in [0.4, 0.5) is 0 Å². The Morgan fingerprint density at radius 1 is 1.17 bits per heavy atom. The summed E-state index contributed by atoms with van der Waals surface area (Å²) in [6.07, 6.45) is -0.0375. The van der Waals surface area contributed by atoms with Crippen LogP contribution in [0.25, 0.3) is 0 Å². The predicted octanol–water partition coefficient (Wildman–Crippen LogP) is 2.41. The van der Waals surface area contributed by atoms with E-state index in [1.54, 1.807) is 26.0 Å². The van der Waals surface area contributed by atoms with Gasteiger partial charge in [-0.1, -0.05) is 24.3 Å². The van der Waals surface area contributed by atoms with Crippen molar-refractivity contribution in [1.82, 2.24) is 0 Å². The van der Waals surface area contributed by atoms with E-state index in [-0.39, 0.29) is 6.42 Å². The molecule has 0 unspecified atom stereocenters. The van der Waals surface area contributed by atoms with E-state index in [2.05, 4.69) is 0 Å². The number of aliphatic carboxylic acids is 2. The minimum Gasteiger partial charge on any atom is -0.481 e. The van der Waals surface area contributed by atoms with Crippen LogP contribution in [0.15, 0.2) is 24.3 Å². The fraction of sp³-hybridized carbons (Fsp3) is 0.385. The van der Waals surface area contributed by atoms with Gasteiger partial charge in [0.25, 0.3) is 0 Å². The van der Waals surface area contributed by atoms with Crippen LogP contribution >= 0.6 is 11.8 Å². The van der Waals surface area contributed by atoms with Crippen molar-refractivity contribution in [3.8, 4) is 0 Å². The van der Waals surface area contributed by atoms with Gasteiger partial charge >= 0.3 is 11.9 Å². The van der Waals surface area contributed by atoms with Gasteiger partial charge in [-0.2, -0.15) is 0 Å². The maximum absolute atomic E-state index is 11.0. The fourth-order valence-corrected chi connectivity index (χ4v) is 2.28. The zero-order valence-corrected chi connectivity index (χ0v) is 11.2. The van der Waals surface area contributed by atoms with E-state index < -0.39 is 16.7 Å². The topological polar surface area (TPSA) is 74.6 Å². The van der Waals surface area contributed by atoms with Crippen LogP contribution < -0.4 is 0 Å². The molecule has 0 spiro atoms. The number of thioether (sulfide) groups is 1. The van der Waals surface area contributed by atoms with Gasteiger partial charge in [-0.25, -0.2) is 0 Å². The molecule has 0 heterocycles. The van der Waals surface area contributed by atoms with Crippen LogP contribution in [0.3, 0.4) is 0 Å². The second-order valence-corrected chi connectivity index (χ2v) is 6.04. The number of carboxylic acids is 2. The fourth-order valence-electron chi connectivity index (χ4n) is 1.35. The van der Waals surface area contributed by atoms with E-state index in [1.807, 2.05) is 12.1 Å². The molecular weight excluding hydrogens is 252 g/mol. The minimum atomic E-state index is -0.884. The van der Waals surface area contributed by atoms with Gasteiger partial charge in [-0.15, -0.1) is 11.8 Å². The van der Waals surface area contributed by atoms with Gasteiger partial charge < -0.3 is 10.2 Å². The van der Waals surface area contributed by atoms with E-state index >= 15 is 0 Å². The molecule has 0 amide bonds. The Morgan fingerprint density at radius 3 is 2.22 bits per heavy atom. The Kier molecular flexibility index (Phi) is 4.78. The average Bonchev–Trinajstić information content (AvgIpc) is 2.27. The number of benzene rings is 1. The summed E-state index contributed by atoms with van der Waals surface area (Å²) in [4.78, 5) is 21.7. The SMILES string of the molecule is CC(C)(SCc1ccccc1CC(=O)O)C(=O)O. The zero-order chi connectivity index (χ0) is 13.8. The molecule has 0 aliphatic carbocycles. The third kappa shape index (κ3) is 4.07. The Balaban J connectivity index is 2.79. The monoisotopic (exact) mass is 268 g/mol. The van der Waals surface area contributed by atoms with E-state index in [1.165, 1.54) is 11.8 Å². The maximum Gasteiger partial charge on any atom is 0.319 e. The standard InChI is InChI=1S/C13H16O4S/c1-13(2,12(16)17)18-8-10-6-4-3-5-9(10)7-11(14)15/h3-6H,7-8H2,1-2H3,(H,14,15)(H,16,17). The summed E-state index contributed by atoms with van der Waals surface area (Å²) in [5.74, 6) is -1.27. The van der Waals surface area contributed by atoms with Crippen LogP contribution in [0.5, 0.6) is 0 Å². The van der Waals surface area contributed by atoms with Crippen LogP contribution in [-0.2, 0) is 21.8 Å². The van der Waals surface area contributed by atoms with Gasteiger partial charge in [0.15, 0.2) is 0 Å². The summed E-state index contributed by atoms with van der Waals surface area (Å²) < 4.78 is -0.879. The number of hydrogen-bond donors (Lipinski definition) is 2. The van der Waals surface area contributed by atoms with Gasteiger partial charge in [0.2, 0.25) is 0 Å². The Labute approximate surface area is 110 Å². The smallest absolute Gasteiger partial charge is 0.319 e. The molecule has 1 aromatic rings. The molecule has 0 saturated heterocycles. The van der Waals surface area contributed by atoms with Crippen LogP contribution in [0.2, 0.25) is 0 Å². The summed E-state index contributed by atoms with van der Waals surface area (Å²) in [5.41, 5.74) is 1.61. The van der Waals surface area contributed by atoms with Gasteiger partial charge in [0, 0.05) is 5.75 Å². The van der Waals surface area contributed by atoms with Crippen LogP contribution in [-0.4, -0.2) is 26.9 Å². The predicted molar refractivity (Wildman–Crippen MR) is 70.8 cm³/mol. The third-order valence-electron chi connectivity index (χ3n) is 2.56. The molecule has 0 atom stereocenters. The molecule has 4 nitrogen and oxygen atoms in total. The molecule has 1 rings (SSSR count). The van der Waals surface area contributed by atoms with Crippen molar-refractivity contribution in [1.29, 1.82) is 0 Å².